The molecule has 17 heavy (non-hydrogen) atoms. The zero-order valence-corrected chi connectivity index (χ0v) is 10.6. The van der Waals surface area contributed by atoms with Crippen molar-refractivity contribution in [2.24, 2.45) is 10.7 Å². The van der Waals surface area contributed by atoms with Gasteiger partial charge in [0.15, 0.2) is 0 Å². The lowest BCUT2D eigenvalue weighted by Crippen LogP contribution is -2.08. The molecule has 0 atom stereocenters. The Balaban J connectivity index is 3.24. The Labute approximate surface area is 102 Å². The van der Waals surface area contributed by atoms with E-state index in [1.807, 2.05) is 13.8 Å². The number of nitrogens with zero attached hydrogens (tertiary/aromatic N) is 2. The predicted molar refractivity (Wildman–Crippen MR) is 70.3 cm³/mol. The molecule has 1 aromatic rings. The summed E-state index contributed by atoms with van der Waals surface area (Å²) in [6.07, 6.45) is 4.07. The first kappa shape index (κ1) is 13.2. The molecular formula is C13H19N3O. The minimum absolute atomic E-state index is 0.179. The first-order chi connectivity index (χ1) is 8.13. The van der Waals surface area contributed by atoms with Crippen LogP contribution in [0.4, 0.5) is 0 Å². The summed E-state index contributed by atoms with van der Waals surface area (Å²) in [5, 5.41) is 9.68. The van der Waals surface area contributed by atoms with E-state index in [1.54, 1.807) is 25.4 Å². The zero-order valence-electron chi connectivity index (χ0n) is 10.6. The highest BCUT2D eigenvalue weighted by molar-refractivity contribution is 6.12. The van der Waals surface area contributed by atoms with E-state index in [-0.39, 0.29) is 5.75 Å². The van der Waals surface area contributed by atoms with E-state index < -0.39 is 0 Å². The Morgan fingerprint density at radius 2 is 2.24 bits per heavy atom. The van der Waals surface area contributed by atoms with Crippen molar-refractivity contribution in [2.45, 2.75) is 27.2 Å². The van der Waals surface area contributed by atoms with Gasteiger partial charge in [-0.05, 0) is 38.1 Å². The lowest BCUT2D eigenvalue weighted by atomic mass is 10.0. The van der Waals surface area contributed by atoms with E-state index in [4.69, 9.17) is 5.73 Å². The lowest BCUT2D eigenvalue weighted by Gasteiger charge is -2.10. The van der Waals surface area contributed by atoms with Crippen LogP contribution in [-0.2, 0) is 0 Å². The van der Waals surface area contributed by atoms with Gasteiger partial charge < -0.3 is 10.8 Å². The number of aromatic hydroxyl groups is 1. The van der Waals surface area contributed by atoms with Gasteiger partial charge in [-0.1, -0.05) is 6.92 Å². The SMILES string of the molecule is CCN=C(C(=CN)CC)c1cnc(C)c(O)c1. The lowest BCUT2D eigenvalue weighted by molar-refractivity contribution is 0.467. The van der Waals surface area contributed by atoms with Gasteiger partial charge in [0.25, 0.3) is 0 Å². The van der Waals surface area contributed by atoms with Crippen molar-refractivity contribution in [3.63, 3.8) is 0 Å². The van der Waals surface area contributed by atoms with Gasteiger partial charge in [-0.2, -0.15) is 0 Å². The molecule has 1 rings (SSSR count). The van der Waals surface area contributed by atoms with Crippen molar-refractivity contribution in [2.75, 3.05) is 6.54 Å². The van der Waals surface area contributed by atoms with Crippen LogP contribution in [0.25, 0.3) is 0 Å². The molecule has 0 saturated carbocycles. The van der Waals surface area contributed by atoms with Crippen LogP contribution in [-0.4, -0.2) is 22.3 Å². The number of aryl methyl sites for hydroxylation is 1. The maximum Gasteiger partial charge on any atom is 0.137 e. The van der Waals surface area contributed by atoms with Crippen molar-refractivity contribution >= 4 is 5.71 Å². The standard InChI is InChI=1S/C13H19N3O/c1-4-10(7-14)13(15-5-2)11-6-12(17)9(3)16-8-11/h6-8,17H,4-5,14H2,1-3H3. The van der Waals surface area contributed by atoms with Crippen molar-refractivity contribution in [1.29, 1.82) is 0 Å². The molecular weight excluding hydrogens is 214 g/mol. The molecule has 0 aliphatic heterocycles. The summed E-state index contributed by atoms with van der Waals surface area (Å²) in [7, 11) is 0. The summed E-state index contributed by atoms with van der Waals surface area (Å²) in [6.45, 7) is 6.41. The topological polar surface area (TPSA) is 71.5 Å². The molecule has 1 heterocycles. The molecule has 0 spiro atoms. The Kier molecular flexibility index (Phi) is 4.69. The quantitative estimate of drug-likeness (QED) is 0.783. The molecule has 3 N–H and O–H groups in total. The largest absolute Gasteiger partial charge is 0.506 e. The highest BCUT2D eigenvalue weighted by atomic mass is 16.3. The van der Waals surface area contributed by atoms with E-state index in [0.29, 0.717) is 12.2 Å². The van der Waals surface area contributed by atoms with Gasteiger partial charge in [0, 0.05) is 18.3 Å². The second kappa shape index (κ2) is 6.03. The first-order valence-electron chi connectivity index (χ1n) is 5.75. The third-order valence-electron chi connectivity index (χ3n) is 2.54. The Bertz CT molecular complexity index is 450. The van der Waals surface area contributed by atoms with Crippen LogP contribution >= 0.6 is 0 Å². The number of allylic oxidation sites excluding steroid dienone is 1. The number of rotatable bonds is 4. The van der Waals surface area contributed by atoms with Crippen LogP contribution in [0.3, 0.4) is 0 Å². The van der Waals surface area contributed by atoms with Gasteiger partial charge in [0.2, 0.25) is 0 Å². The summed E-state index contributed by atoms with van der Waals surface area (Å²) >= 11 is 0. The minimum atomic E-state index is 0.179. The molecule has 0 amide bonds. The van der Waals surface area contributed by atoms with E-state index in [2.05, 4.69) is 9.98 Å². The average molecular weight is 233 g/mol. The highest BCUT2D eigenvalue weighted by Gasteiger charge is 2.10. The molecule has 0 radical (unpaired) electrons. The number of nitrogens with two attached hydrogens (primary N) is 1. The monoisotopic (exact) mass is 233 g/mol. The fourth-order valence-electron chi connectivity index (χ4n) is 1.55. The van der Waals surface area contributed by atoms with Crippen LogP contribution in [0.1, 0.15) is 31.5 Å². The molecule has 1 aromatic heterocycles. The zero-order chi connectivity index (χ0) is 12.8. The van der Waals surface area contributed by atoms with Gasteiger partial charge in [-0.25, -0.2) is 0 Å². The Hall–Kier alpha value is -1.84. The van der Waals surface area contributed by atoms with Crippen molar-refractivity contribution in [1.82, 2.24) is 4.98 Å². The van der Waals surface area contributed by atoms with Gasteiger partial charge >= 0.3 is 0 Å². The Morgan fingerprint density at radius 3 is 2.71 bits per heavy atom. The normalized spacial score (nSPS) is 12.9. The fraction of sp³-hybridized carbons (Fsp3) is 0.385. The molecule has 0 aromatic carbocycles. The number of pyridine rings is 1. The minimum Gasteiger partial charge on any atom is -0.506 e. The third kappa shape index (κ3) is 3.06. The van der Waals surface area contributed by atoms with Gasteiger partial charge in [0.1, 0.15) is 5.75 Å². The summed E-state index contributed by atoms with van der Waals surface area (Å²) in [6, 6.07) is 1.68. The third-order valence-corrected chi connectivity index (χ3v) is 2.54. The molecule has 0 unspecified atom stereocenters. The van der Waals surface area contributed by atoms with E-state index >= 15 is 0 Å². The maximum absolute atomic E-state index is 9.68. The van der Waals surface area contributed by atoms with Crippen LogP contribution in [0.5, 0.6) is 5.75 Å². The second-order valence-corrected chi connectivity index (χ2v) is 3.70. The maximum atomic E-state index is 9.68. The molecule has 4 nitrogen and oxygen atoms in total. The van der Waals surface area contributed by atoms with Gasteiger partial charge in [-0.3, -0.25) is 9.98 Å². The molecule has 0 aliphatic carbocycles. The van der Waals surface area contributed by atoms with Crippen LogP contribution < -0.4 is 5.73 Å². The van der Waals surface area contributed by atoms with Crippen molar-refractivity contribution in [3.05, 3.63) is 35.3 Å². The summed E-state index contributed by atoms with van der Waals surface area (Å²) in [5.74, 6) is 0.179. The average Bonchev–Trinajstić information content (AvgIpc) is 2.33. The summed E-state index contributed by atoms with van der Waals surface area (Å²) < 4.78 is 0. The van der Waals surface area contributed by atoms with Crippen molar-refractivity contribution < 1.29 is 5.11 Å². The predicted octanol–water partition coefficient (Wildman–Crippen LogP) is 2.16. The van der Waals surface area contributed by atoms with Gasteiger partial charge in [0.05, 0.1) is 11.4 Å². The number of aromatic nitrogens is 1. The summed E-state index contributed by atoms with van der Waals surface area (Å²) in [4.78, 5) is 8.56. The summed E-state index contributed by atoms with van der Waals surface area (Å²) in [5.41, 5.74) is 8.77. The fourth-order valence-corrected chi connectivity index (χ4v) is 1.55. The Morgan fingerprint density at radius 1 is 1.53 bits per heavy atom. The van der Waals surface area contributed by atoms with E-state index in [1.165, 1.54) is 0 Å². The van der Waals surface area contributed by atoms with E-state index in [9.17, 15) is 5.11 Å². The molecule has 0 fully saturated rings. The molecule has 0 saturated heterocycles. The van der Waals surface area contributed by atoms with Crippen molar-refractivity contribution in [3.8, 4) is 5.75 Å². The molecule has 92 valence electrons. The number of aliphatic imine (C=N–C) groups is 1. The molecule has 0 aliphatic rings. The van der Waals surface area contributed by atoms with Crippen LogP contribution in [0.2, 0.25) is 0 Å². The first-order valence-corrected chi connectivity index (χ1v) is 5.75. The number of hydrogen-bond acceptors (Lipinski definition) is 4. The highest BCUT2D eigenvalue weighted by Crippen LogP contribution is 2.18. The van der Waals surface area contributed by atoms with Gasteiger partial charge in [-0.15, -0.1) is 0 Å². The number of hydrogen-bond donors (Lipinski definition) is 2. The molecule has 4 heteroatoms. The van der Waals surface area contributed by atoms with Crippen LogP contribution in [0, 0.1) is 6.92 Å². The molecule has 0 bridgehead atoms. The van der Waals surface area contributed by atoms with E-state index in [0.717, 1.165) is 23.3 Å². The van der Waals surface area contributed by atoms with Crippen LogP contribution in [0.15, 0.2) is 29.0 Å². The smallest absolute Gasteiger partial charge is 0.137 e. The second-order valence-electron chi connectivity index (χ2n) is 3.70.